The molecule has 0 fully saturated rings. The third kappa shape index (κ3) is 2.27. The Morgan fingerprint density at radius 3 is 2.47 bits per heavy atom. The summed E-state index contributed by atoms with van der Waals surface area (Å²) in [7, 11) is 0. The molecule has 1 unspecified atom stereocenters. The molecule has 1 aromatic heterocycles. The number of amides is 1. The number of carbonyl (C=O) groups excluding carboxylic acids is 1. The molecule has 2 rings (SSSR count). The van der Waals surface area contributed by atoms with Gasteiger partial charge in [0.25, 0.3) is 5.91 Å². The molecule has 1 aliphatic heterocycles. The number of aliphatic imine (C=N–C) groups is 1. The van der Waals surface area contributed by atoms with Gasteiger partial charge in [-0.15, -0.1) is 0 Å². The lowest BCUT2D eigenvalue weighted by atomic mass is 9.89. The number of pyridine rings is 1. The SMILES string of the molecule is CC(C)c1cccnc1C1=NC(C)(C(C)C)C(=O)N1. The number of nitrogens with zero attached hydrogens (tertiary/aromatic N) is 2. The van der Waals surface area contributed by atoms with Crippen molar-refractivity contribution in [2.45, 2.75) is 46.1 Å². The van der Waals surface area contributed by atoms with Crippen LogP contribution in [0.1, 0.15) is 51.8 Å². The monoisotopic (exact) mass is 259 g/mol. The maximum atomic E-state index is 12.1. The fourth-order valence-electron chi connectivity index (χ4n) is 2.13. The molecule has 1 amide bonds. The molecule has 0 spiro atoms. The van der Waals surface area contributed by atoms with Gasteiger partial charge in [0.05, 0.1) is 0 Å². The zero-order valence-electron chi connectivity index (χ0n) is 12.2. The minimum atomic E-state index is -0.693. The average molecular weight is 259 g/mol. The number of aromatic nitrogens is 1. The van der Waals surface area contributed by atoms with Gasteiger partial charge in [0.1, 0.15) is 11.2 Å². The van der Waals surface area contributed by atoms with Gasteiger partial charge in [-0.25, -0.2) is 4.99 Å². The van der Waals surface area contributed by atoms with E-state index in [4.69, 9.17) is 0 Å². The number of carbonyl (C=O) groups is 1. The van der Waals surface area contributed by atoms with Gasteiger partial charge < -0.3 is 5.32 Å². The fourth-order valence-corrected chi connectivity index (χ4v) is 2.13. The van der Waals surface area contributed by atoms with Crippen LogP contribution in [0.2, 0.25) is 0 Å². The van der Waals surface area contributed by atoms with Gasteiger partial charge in [0.15, 0.2) is 5.84 Å². The Labute approximate surface area is 114 Å². The van der Waals surface area contributed by atoms with Gasteiger partial charge in [-0.3, -0.25) is 9.78 Å². The highest BCUT2D eigenvalue weighted by molar-refractivity contribution is 6.15. The first kappa shape index (κ1) is 13.7. The number of hydrogen-bond acceptors (Lipinski definition) is 3. The first-order valence-electron chi connectivity index (χ1n) is 6.73. The van der Waals surface area contributed by atoms with Gasteiger partial charge in [-0.2, -0.15) is 0 Å². The molecule has 1 aromatic rings. The molecule has 0 aliphatic carbocycles. The van der Waals surface area contributed by atoms with Crippen molar-refractivity contribution in [2.75, 3.05) is 0 Å². The van der Waals surface area contributed by atoms with Crippen molar-refractivity contribution in [1.29, 1.82) is 0 Å². The van der Waals surface area contributed by atoms with Gasteiger partial charge >= 0.3 is 0 Å². The van der Waals surface area contributed by atoms with Crippen LogP contribution in [0.15, 0.2) is 23.3 Å². The van der Waals surface area contributed by atoms with Gasteiger partial charge in [-0.1, -0.05) is 33.8 Å². The van der Waals surface area contributed by atoms with E-state index in [1.807, 2.05) is 32.9 Å². The lowest BCUT2D eigenvalue weighted by molar-refractivity contribution is -0.124. The molecule has 2 heterocycles. The maximum Gasteiger partial charge on any atom is 0.253 e. The minimum absolute atomic E-state index is 0.0436. The van der Waals surface area contributed by atoms with Crippen LogP contribution >= 0.6 is 0 Å². The van der Waals surface area contributed by atoms with E-state index in [9.17, 15) is 4.79 Å². The Morgan fingerprint density at radius 1 is 1.26 bits per heavy atom. The van der Waals surface area contributed by atoms with Crippen LogP contribution in [-0.4, -0.2) is 22.3 Å². The average Bonchev–Trinajstić information content (AvgIpc) is 2.67. The fraction of sp³-hybridized carbons (Fsp3) is 0.533. The molecule has 1 atom stereocenters. The van der Waals surface area contributed by atoms with Gasteiger partial charge in [-0.05, 0) is 30.4 Å². The van der Waals surface area contributed by atoms with Crippen LogP contribution < -0.4 is 5.32 Å². The van der Waals surface area contributed by atoms with Crippen LogP contribution in [0.4, 0.5) is 0 Å². The highest BCUT2D eigenvalue weighted by Gasteiger charge is 2.42. The van der Waals surface area contributed by atoms with Crippen molar-refractivity contribution in [3.8, 4) is 0 Å². The predicted molar refractivity (Wildman–Crippen MR) is 76.2 cm³/mol. The molecule has 1 aliphatic rings. The molecule has 0 saturated carbocycles. The zero-order valence-corrected chi connectivity index (χ0v) is 12.2. The van der Waals surface area contributed by atoms with Crippen molar-refractivity contribution in [2.24, 2.45) is 10.9 Å². The summed E-state index contributed by atoms with van der Waals surface area (Å²) in [6.07, 6.45) is 1.74. The summed E-state index contributed by atoms with van der Waals surface area (Å²) >= 11 is 0. The smallest absolute Gasteiger partial charge is 0.253 e. The molecule has 19 heavy (non-hydrogen) atoms. The van der Waals surface area contributed by atoms with Crippen molar-refractivity contribution in [3.05, 3.63) is 29.6 Å². The Balaban J connectivity index is 2.48. The second kappa shape index (κ2) is 4.76. The van der Waals surface area contributed by atoms with Crippen molar-refractivity contribution >= 4 is 11.7 Å². The number of nitrogens with one attached hydrogen (secondary N) is 1. The van der Waals surface area contributed by atoms with E-state index in [-0.39, 0.29) is 11.8 Å². The summed E-state index contributed by atoms with van der Waals surface area (Å²) in [6.45, 7) is 10.1. The molecule has 0 bridgehead atoms. The minimum Gasteiger partial charge on any atom is -0.307 e. The third-order valence-electron chi connectivity index (χ3n) is 3.85. The summed E-state index contributed by atoms with van der Waals surface area (Å²) in [5.41, 5.74) is 1.20. The van der Waals surface area contributed by atoms with Crippen LogP contribution in [0.5, 0.6) is 0 Å². The molecule has 0 saturated heterocycles. The van der Waals surface area contributed by atoms with Gasteiger partial charge in [0.2, 0.25) is 0 Å². The molecule has 102 valence electrons. The lowest BCUT2D eigenvalue weighted by Gasteiger charge is -2.21. The summed E-state index contributed by atoms with van der Waals surface area (Å²) in [6, 6.07) is 3.95. The highest BCUT2D eigenvalue weighted by Crippen LogP contribution is 2.28. The van der Waals surface area contributed by atoms with Crippen LogP contribution in [0.25, 0.3) is 0 Å². The Kier molecular flexibility index (Phi) is 3.43. The number of rotatable bonds is 3. The topological polar surface area (TPSA) is 54.4 Å². The highest BCUT2D eigenvalue weighted by atomic mass is 16.2. The quantitative estimate of drug-likeness (QED) is 0.906. The van der Waals surface area contributed by atoms with E-state index < -0.39 is 5.54 Å². The Bertz CT molecular complexity index is 534. The zero-order chi connectivity index (χ0) is 14.2. The molecule has 0 aromatic carbocycles. The van der Waals surface area contributed by atoms with Gasteiger partial charge in [0, 0.05) is 6.20 Å². The summed E-state index contributed by atoms with van der Waals surface area (Å²) in [5.74, 6) is 1.05. The summed E-state index contributed by atoms with van der Waals surface area (Å²) in [5, 5.41) is 2.89. The van der Waals surface area contributed by atoms with Crippen LogP contribution in [-0.2, 0) is 4.79 Å². The van der Waals surface area contributed by atoms with Crippen molar-refractivity contribution < 1.29 is 4.79 Å². The van der Waals surface area contributed by atoms with Crippen molar-refractivity contribution in [1.82, 2.24) is 10.3 Å². The normalized spacial score (nSPS) is 22.9. The van der Waals surface area contributed by atoms with E-state index in [0.29, 0.717) is 11.8 Å². The third-order valence-corrected chi connectivity index (χ3v) is 3.85. The van der Waals surface area contributed by atoms with E-state index in [2.05, 4.69) is 29.1 Å². The first-order chi connectivity index (χ1) is 8.86. The number of hydrogen-bond donors (Lipinski definition) is 1. The van der Waals surface area contributed by atoms with E-state index in [1.54, 1.807) is 6.20 Å². The first-order valence-corrected chi connectivity index (χ1v) is 6.73. The summed E-state index contributed by atoms with van der Waals surface area (Å²) in [4.78, 5) is 21.2. The Morgan fingerprint density at radius 2 is 1.95 bits per heavy atom. The summed E-state index contributed by atoms with van der Waals surface area (Å²) < 4.78 is 0. The molecule has 4 heteroatoms. The molecular formula is C15H21N3O. The lowest BCUT2D eigenvalue weighted by Crippen LogP contribution is -2.41. The predicted octanol–water partition coefficient (Wildman–Crippen LogP) is 2.50. The van der Waals surface area contributed by atoms with Crippen molar-refractivity contribution in [3.63, 3.8) is 0 Å². The van der Waals surface area contributed by atoms with E-state index >= 15 is 0 Å². The Hall–Kier alpha value is -1.71. The van der Waals surface area contributed by atoms with Crippen LogP contribution in [0.3, 0.4) is 0 Å². The molecule has 0 radical (unpaired) electrons. The standard InChI is InChI=1S/C15H21N3O/c1-9(2)11-7-6-8-16-12(11)13-17-14(19)15(5,18-13)10(3)4/h6-10H,1-5H3,(H,17,18,19). The maximum absolute atomic E-state index is 12.1. The molecular weight excluding hydrogens is 238 g/mol. The largest absolute Gasteiger partial charge is 0.307 e. The molecule has 4 nitrogen and oxygen atoms in total. The van der Waals surface area contributed by atoms with Crippen LogP contribution in [0, 0.1) is 5.92 Å². The molecule has 1 N–H and O–H groups in total. The van der Waals surface area contributed by atoms with E-state index in [0.717, 1.165) is 11.3 Å². The second-order valence-corrected chi connectivity index (χ2v) is 5.81. The second-order valence-electron chi connectivity index (χ2n) is 5.81. The number of amidine groups is 1. The van der Waals surface area contributed by atoms with E-state index in [1.165, 1.54) is 0 Å².